The van der Waals surface area contributed by atoms with E-state index >= 15 is 0 Å². The van der Waals surface area contributed by atoms with E-state index in [1.165, 1.54) is 0 Å². The normalized spacial score (nSPS) is 15.3. The number of hydrogen-bond donors (Lipinski definition) is 1. The Kier molecular flexibility index (Phi) is 4.61. The number of nitrogens with zero attached hydrogens (tertiary/aromatic N) is 1. The zero-order valence-corrected chi connectivity index (χ0v) is 10.7. The molecule has 0 aromatic carbocycles. The van der Waals surface area contributed by atoms with Gasteiger partial charge in [-0.2, -0.15) is 0 Å². The van der Waals surface area contributed by atoms with E-state index in [1.54, 1.807) is 0 Å². The molecule has 1 aromatic heterocycles. The summed E-state index contributed by atoms with van der Waals surface area (Å²) in [5, 5.41) is 1.68. The van der Waals surface area contributed by atoms with Crippen molar-refractivity contribution in [3.05, 3.63) is 23.9 Å². The number of pyridine rings is 1. The summed E-state index contributed by atoms with van der Waals surface area (Å²) in [6.45, 7) is 8.67. The second-order valence-electron chi connectivity index (χ2n) is 4.29. The summed E-state index contributed by atoms with van der Waals surface area (Å²) in [4.78, 5) is 4.41. The first-order chi connectivity index (χ1) is 7.00. The number of aromatic nitrogens is 1. The number of hydrogen-bond acceptors (Lipinski definition) is 3. The Balaban J connectivity index is 2.64. The standard InChI is InChI=1S/C12H20N2S/c1-8(2)10(4)15-12-6-5-11(7-14-12)9(3)13/h5-10H,13H2,1-4H3/t9-,10?/m1/s1. The number of rotatable bonds is 4. The molecule has 3 heteroatoms. The van der Waals surface area contributed by atoms with Gasteiger partial charge in [0.2, 0.25) is 0 Å². The fourth-order valence-electron chi connectivity index (χ4n) is 1.06. The lowest BCUT2D eigenvalue weighted by atomic mass is 10.2. The zero-order valence-electron chi connectivity index (χ0n) is 9.90. The van der Waals surface area contributed by atoms with E-state index in [0.29, 0.717) is 11.2 Å². The largest absolute Gasteiger partial charge is 0.324 e. The van der Waals surface area contributed by atoms with Crippen molar-refractivity contribution in [3.63, 3.8) is 0 Å². The van der Waals surface area contributed by atoms with Crippen LogP contribution in [0.15, 0.2) is 23.4 Å². The predicted molar refractivity (Wildman–Crippen MR) is 67.0 cm³/mol. The second-order valence-corrected chi connectivity index (χ2v) is 5.68. The summed E-state index contributed by atoms with van der Waals surface area (Å²) in [6, 6.07) is 4.19. The molecule has 0 radical (unpaired) electrons. The maximum atomic E-state index is 5.77. The number of thioether (sulfide) groups is 1. The van der Waals surface area contributed by atoms with Gasteiger partial charge < -0.3 is 5.73 Å². The Morgan fingerprint density at radius 1 is 1.20 bits per heavy atom. The third-order valence-electron chi connectivity index (χ3n) is 2.53. The lowest BCUT2D eigenvalue weighted by Crippen LogP contribution is -2.07. The van der Waals surface area contributed by atoms with Crippen LogP contribution in [0.25, 0.3) is 0 Å². The highest BCUT2D eigenvalue weighted by molar-refractivity contribution is 7.99. The Morgan fingerprint density at radius 3 is 2.27 bits per heavy atom. The summed E-state index contributed by atoms with van der Waals surface area (Å²) in [5.74, 6) is 0.671. The third-order valence-corrected chi connectivity index (χ3v) is 3.93. The molecule has 0 aliphatic rings. The molecular weight excluding hydrogens is 204 g/mol. The molecule has 0 saturated carbocycles. The minimum absolute atomic E-state index is 0.0686. The van der Waals surface area contributed by atoms with Crippen molar-refractivity contribution in [1.29, 1.82) is 0 Å². The van der Waals surface area contributed by atoms with Crippen LogP contribution in [0.2, 0.25) is 0 Å². The molecule has 15 heavy (non-hydrogen) atoms. The van der Waals surface area contributed by atoms with E-state index < -0.39 is 0 Å². The van der Waals surface area contributed by atoms with E-state index in [1.807, 2.05) is 24.9 Å². The van der Waals surface area contributed by atoms with Crippen LogP contribution in [0.1, 0.15) is 39.3 Å². The van der Waals surface area contributed by atoms with Crippen molar-refractivity contribution in [2.45, 2.75) is 44.0 Å². The second kappa shape index (κ2) is 5.52. The van der Waals surface area contributed by atoms with Crippen molar-refractivity contribution in [2.75, 3.05) is 0 Å². The molecule has 1 aromatic rings. The summed E-state index contributed by atoms with van der Waals surface area (Å²) in [5.41, 5.74) is 6.86. The monoisotopic (exact) mass is 224 g/mol. The van der Waals surface area contributed by atoms with Crippen LogP contribution >= 0.6 is 11.8 Å². The van der Waals surface area contributed by atoms with Gasteiger partial charge in [-0.15, -0.1) is 11.8 Å². The van der Waals surface area contributed by atoms with Crippen molar-refractivity contribution < 1.29 is 0 Å². The summed E-state index contributed by atoms with van der Waals surface area (Å²) in [7, 11) is 0. The zero-order chi connectivity index (χ0) is 11.4. The van der Waals surface area contributed by atoms with Gasteiger partial charge in [0, 0.05) is 17.5 Å². The average molecular weight is 224 g/mol. The first kappa shape index (κ1) is 12.5. The molecule has 0 amide bonds. The third kappa shape index (κ3) is 3.84. The van der Waals surface area contributed by atoms with Crippen molar-refractivity contribution in [1.82, 2.24) is 4.98 Å². The maximum absolute atomic E-state index is 5.77. The van der Waals surface area contributed by atoms with Crippen LogP contribution in [0.3, 0.4) is 0 Å². The molecule has 2 nitrogen and oxygen atoms in total. The highest BCUT2D eigenvalue weighted by Gasteiger charge is 2.09. The average Bonchev–Trinajstić information content (AvgIpc) is 2.18. The van der Waals surface area contributed by atoms with E-state index in [2.05, 4.69) is 37.9 Å². The molecule has 1 heterocycles. The van der Waals surface area contributed by atoms with Gasteiger partial charge >= 0.3 is 0 Å². The molecule has 0 spiro atoms. The molecule has 2 N–H and O–H groups in total. The highest BCUT2D eigenvalue weighted by Crippen LogP contribution is 2.26. The minimum Gasteiger partial charge on any atom is -0.324 e. The Hall–Kier alpha value is -0.540. The fourth-order valence-corrected chi connectivity index (χ4v) is 1.97. The molecule has 0 bridgehead atoms. The summed E-state index contributed by atoms with van der Waals surface area (Å²) < 4.78 is 0. The minimum atomic E-state index is 0.0686. The molecule has 0 aliphatic heterocycles. The summed E-state index contributed by atoms with van der Waals surface area (Å²) >= 11 is 1.82. The molecule has 1 rings (SSSR count). The van der Waals surface area contributed by atoms with E-state index in [4.69, 9.17) is 5.73 Å². The molecule has 0 saturated heterocycles. The van der Waals surface area contributed by atoms with Gasteiger partial charge in [-0.05, 0) is 24.5 Å². The first-order valence-electron chi connectivity index (χ1n) is 5.39. The van der Waals surface area contributed by atoms with Gasteiger partial charge in [-0.25, -0.2) is 4.98 Å². The highest BCUT2D eigenvalue weighted by atomic mass is 32.2. The van der Waals surface area contributed by atoms with Crippen LogP contribution < -0.4 is 5.73 Å². The molecule has 1 unspecified atom stereocenters. The Labute approximate surface area is 96.7 Å². The lowest BCUT2D eigenvalue weighted by molar-refractivity contribution is 0.641. The summed E-state index contributed by atoms with van der Waals surface area (Å²) in [6.07, 6.45) is 1.88. The van der Waals surface area contributed by atoms with Crippen molar-refractivity contribution in [2.24, 2.45) is 11.7 Å². The topological polar surface area (TPSA) is 38.9 Å². The van der Waals surface area contributed by atoms with Gasteiger partial charge in [0.15, 0.2) is 0 Å². The molecule has 0 aliphatic carbocycles. The quantitative estimate of drug-likeness (QED) is 0.798. The fraction of sp³-hybridized carbons (Fsp3) is 0.583. The molecule has 2 atom stereocenters. The number of nitrogens with two attached hydrogens (primary N) is 1. The van der Waals surface area contributed by atoms with Crippen molar-refractivity contribution >= 4 is 11.8 Å². The van der Waals surface area contributed by atoms with Crippen LogP contribution in [0, 0.1) is 5.92 Å². The Morgan fingerprint density at radius 2 is 1.87 bits per heavy atom. The van der Waals surface area contributed by atoms with Crippen LogP contribution in [-0.2, 0) is 0 Å². The van der Waals surface area contributed by atoms with Crippen LogP contribution in [-0.4, -0.2) is 10.2 Å². The van der Waals surface area contributed by atoms with E-state index in [-0.39, 0.29) is 6.04 Å². The SMILES string of the molecule is CC(C)C(C)Sc1ccc([C@@H](C)N)cn1. The van der Waals surface area contributed by atoms with Crippen LogP contribution in [0.4, 0.5) is 0 Å². The van der Waals surface area contributed by atoms with Gasteiger partial charge in [-0.1, -0.05) is 26.8 Å². The Bertz CT molecular complexity index is 293. The van der Waals surface area contributed by atoms with E-state index in [0.717, 1.165) is 10.6 Å². The van der Waals surface area contributed by atoms with E-state index in [9.17, 15) is 0 Å². The molecule has 84 valence electrons. The lowest BCUT2D eigenvalue weighted by Gasteiger charge is -2.14. The van der Waals surface area contributed by atoms with Gasteiger partial charge in [-0.3, -0.25) is 0 Å². The maximum Gasteiger partial charge on any atom is 0.0962 e. The smallest absolute Gasteiger partial charge is 0.0962 e. The first-order valence-corrected chi connectivity index (χ1v) is 6.27. The van der Waals surface area contributed by atoms with Gasteiger partial charge in [0.1, 0.15) is 0 Å². The van der Waals surface area contributed by atoms with Crippen molar-refractivity contribution in [3.8, 4) is 0 Å². The van der Waals surface area contributed by atoms with Gasteiger partial charge in [0.05, 0.1) is 5.03 Å². The molecular formula is C12H20N2S. The molecule has 0 fully saturated rings. The van der Waals surface area contributed by atoms with Crippen LogP contribution in [0.5, 0.6) is 0 Å². The predicted octanol–water partition coefficient (Wildman–Crippen LogP) is 3.24. The van der Waals surface area contributed by atoms with Gasteiger partial charge in [0.25, 0.3) is 0 Å².